The van der Waals surface area contributed by atoms with Crippen LogP contribution in [0.25, 0.3) is 0 Å². The van der Waals surface area contributed by atoms with Crippen LogP contribution in [0.4, 0.5) is 0 Å². The minimum atomic E-state index is 0.199. The van der Waals surface area contributed by atoms with Gasteiger partial charge in [0.05, 0.1) is 0 Å². The fraction of sp³-hybridized carbons (Fsp3) is 0.357. The molecule has 2 rings (SSSR count). The normalized spacial score (nSPS) is 12.6. The number of thioether (sulfide) groups is 1. The fourth-order valence-electron chi connectivity index (χ4n) is 1.77. The molecule has 0 saturated carbocycles. The maximum atomic E-state index is 6.15. The molecular weight excluding hydrogens is 322 g/mol. The van der Waals surface area contributed by atoms with E-state index in [9.17, 15) is 0 Å². The molecule has 0 amide bonds. The highest BCUT2D eigenvalue weighted by Crippen LogP contribution is 2.21. The van der Waals surface area contributed by atoms with Crippen molar-refractivity contribution >= 4 is 27.7 Å². The molecule has 0 aliphatic heterocycles. The van der Waals surface area contributed by atoms with Gasteiger partial charge in [0.1, 0.15) is 5.82 Å². The van der Waals surface area contributed by atoms with Crippen molar-refractivity contribution in [1.29, 1.82) is 0 Å². The molecule has 0 fully saturated rings. The minimum Gasteiger partial charge on any atom is -0.338 e. The number of aromatic nitrogens is 2. The maximum absolute atomic E-state index is 6.15. The van der Waals surface area contributed by atoms with Gasteiger partial charge in [0.2, 0.25) is 0 Å². The molecule has 0 saturated heterocycles. The largest absolute Gasteiger partial charge is 0.338 e. The van der Waals surface area contributed by atoms with E-state index >= 15 is 0 Å². The zero-order valence-electron chi connectivity index (χ0n) is 10.9. The molecule has 5 heteroatoms. The highest BCUT2D eigenvalue weighted by Gasteiger charge is 2.06. The van der Waals surface area contributed by atoms with Crippen molar-refractivity contribution < 1.29 is 0 Å². The smallest absolute Gasteiger partial charge is 0.108 e. The summed E-state index contributed by atoms with van der Waals surface area (Å²) in [6, 6.07) is 8.54. The first-order chi connectivity index (χ1) is 9.15. The van der Waals surface area contributed by atoms with Gasteiger partial charge in [-0.15, -0.1) is 11.8 Å². The van der Waals surface area contributed by atoms with Crippen molar-refractivity contribution in [3.05, 3.63) is 47.0 Å². The van der Waals surface area contributed by atoms with E-state index < -0.39 is 0 Å². The summed E-state index contributed by atoms with van der Waals surface area (Å²) in [4.78, 5) is 5.57. The van der Waals surface area contributed by atoms with Gasteiger partial charge in [-0.1, -0.05) is 15.9 Å². The van der Waals surface area contributed by atoms with E-state index in [-0.39, 0.29) is 6.04 Å². The third-order valence-corrected chi connectivity index (χ3v) is 4.67. The summed E-state index contributed by atoms with van der Waals surface area (Å²) in [6.07, 6.45) is 5.70. The van der Waals surface area contributed by atoms with Crippen LogP contribution in [0.15, 0.2) is 46.0 Å². The second kappa shape index (κ2) is 7.12. The fourth-order valence-corrected chi connectivity index (χ4v) is 2.94. The minimum absolute atomic E-state index is 0.199. The molecule has 2 aromatic rings. The summed E-state index contributed by atoms with van der Waals surface area (Å²) in [5.41, 5.74) is 6.15. The second-order valence-electron chi connectivity index (χ2n) is 4.52. The van der Waals surface area contributed by atoms with Crippen LogP contribution in [0.1, 0.15) is 12.2 Å². The molecule has 102 valence electrons. The van der Waals surface area contributed by atoms with Gasteiger partial charge in [0.25, 0.3) is 0 Å². The van der Waals surface area contributed by atoms with Gasteiger partial charge in [-0.2, -0.15) is 0 Å². The summed E-state index contributed by atoms with van der Waals surface area (Å²) in [5, 5.41) is 0. The first-order valence-electron chi connectivity index (χ1n) is 6.25. The topological polar surface area (TPSA) is 43.8 Å². The molecule has 2 N–H and O–H groups in total. The molecular formula is C14H18BrN3S. The third kappa shape index (κ3) is 4.67. The third-order valence-electron chi connectivity index (χ3n) is 2.94. The average Bonchev–Trinajstić information content (AvgIpc) is 2.81. The standard InChI is InChI=1S/C14H18BrN3S/c1-18-9-8-17-14(18)7-4-12(16)10-19-13-5-2-11(15)3-6-13/h2-3,5-6,8-9,12H,4,7,10,16H2,1H3. The van der Waals surface area contributed by atoms with Crippen LogP contribution >= 0.6 is 27.7 Å². The molecule has 3 nitrogen and oxygen atoms in total. The second-order valence-corrected chi connectivity index (χ2v) is 6.53. The van der Waals surface area contributed by atoms with E-state index in [0.29, 0.717) is 0 Å². The van der Waals surface area contributed by atoms with Gasteiger partial charge in [-0.05, 0) is 30.7 Å². The van der Waals surface area contributed by atoms with Crippen LogP contribution in [0.3, 0.4) is 0 Å². The quantitative estimate of drug-likeness (QED) is 0.821. The van der Waals surface area contributed by atoms with Crippen LogP contribution in [-0.2, 0) is 13.5 Å². The number of halogens is 1. The monoisotopic (exact) mass is 339 g/mol. The van der Waals surface area contributed by atoms with Gasteiger partial charge in [0, 0.05) is 47.0 Å². The van der Waals surface area contributed by atoms with E-state index in [1.54, 1.807) is 11.8 Å². The number of aryl methyl sites for hydroxylation is 2. The average molecular weight is 340 g/mol. The van der Waals surface area contributed by atoms with E-state index in [1.165, 1.54) is 4.90 Å². The number of rotatable bonds is 6. The summed E-state index contributed by atoms with van der Waals surface area (Å²) in [7, 11) is 2.02. The van der Waals surface area contributed by atoms with Crippen molar-refractivity contribution in [2.45, 2.75) is 23.8 Å². The predicted molar refractivity (Wildman–Crippen MR) is 84.4 cm³/mol. The number of nitrogens with two attached hydrogens (primary N) is 1. The van der Waals surface area contributed by atoms with E-state index in [0.717, 1.165) is 28.9 Å². The van der Waals surface area contributed by atoms with E-state index in [1.807, 2.05) is 19.4 Å². The number of hydrogen-bond acceptors (Lipinski definition) is 3. The SMILES string of the molecule is Cn1ccnc1CCC(N)CSc1ccc(Br)cc1. The lowest BCUT2D eigenvalue weighted by Crippen LogP contribution is -2.24. The molecule has 1 aromatic carbocycles. The highest BCUT2D eigenvalue weighted by atomic mass is 79.9. The summed E-state index contributed by atoms with van der Waals surface area (Å²) in [6.45, 7) is 0. The Morgan fingerprint density at radius 2 is 2.11 bits per heavy atom. The van der Waals surface area contributed by atoms with Crippen molar-refractivity contribution in [3.8, 4) is 0 Å². The Hall–Kier alpha value is -0.780. The Labute approximate surface area is 126 Å². The first kappa shape index (κ1) is 14.6. The molecule has 0 bridgehead atoms. The Morgan fingerprint density at radius 1 is 1.37 bits per heavy atom. The number of imidazole rings is 1. The molecule has 19 heavy (non-hydrogen) atoms. The van der Waals surface area contributed by atoms with Crippen molar-refractivity contribution in [3.63, 3.8) is 0 Å². The Kier molecular flexibility index (Phi) is 5.48. The Morgan fingerprint density at radius 3 is 2.74 bits per heavy atom. The zero-order valence-corrected chi connectivity index (χ0v) is 13.3. The number of benzene rings is 1. The van der Waals surface area contributed by atoms with Crippen LogP contribution < -0.4 is 5.73 Å². The molecule has 1 heterocycles. The molecule has 0 aliphatic rings. The Balaban J connectivity index is 1.74. The van der Waals surface area contributed by atoms with Gasteiger partial charge >= 0.3 is 0 Å². The molecule has 0 spiro atoms. The van der Waals surface area contributed by atoms with Crippen LogP contribution in [0.2, 0.25) is 0 Å². The molecule has 1 aromatic heterocycles. The van der Waals surface area contributed by atoms with Gasteiger partial charge in [0.15, 0.2) is 0 Å². The zero-order chi connectivity index (χ0) is 13.7. The predicted octanol–water partition coefficient (Wildman–Crippen LogP) is 3.23. The van der Waals surface area contributed by atoms with Gasteiger partial charge in [-0.3, -0.25) is 0 Å². The van der Waals surface area contributed by atoms with Crippen LogP contribution in [0.5, 0.6) is 0 Å². The van der Waals surface area contributed by atoms with Crippen molar-refractivity contribution in [2.24, 2.45) is 12.8 Å². The number of nitrogens with zero attached hydrogens (tertiary/aromatic N) is 2. The molecule has 1 atom stereocenters. The lowest BCUT2D eigenvalue weighted by Gasteiger charge is -2.11. The van der Waals surface area contributed by atoms with Crippen LogP contribution in [-0.4, -0.2) is 21.3 Å². The first-order valence-corrected chi connectivity index (χ1v) is 8.03. The molecule has 0 aliphatic carbocycles. The number of hydrogen-bond donors (Lipinski definition) is 1. The summed E-state index contributed by atoms with van der Waals surface area (Å²) >= 11 is 5.24. The van der Waals surface area contributed by atoms with Gasteiger partial charge in [-0.25, -0.2) is 4.98 Å². The lowest BCUT2D eigenvalue weighted by molar-refractivity contribution is 0.639. The van der Waals surface area contributed by atoms with Gasteiger partial charge < -0.3 is 10.3 Å². The Bertz CT molecular complexity index is 510. The van der Waals surface area contributed by atoms with E-state index in [4.69, 9.17) is 5.73 Å². The van der Waals surface area contributed by atoms with Crippen molar-refractivity contribution in [1.82, 2.24) is 9.55 Å². The molecule has 1 unspecified atom stereocenters. The highest BCUT2D eigenvalue weighted by molar-refractivity contribution is 9.10. The van der Waals surface area contributed by atoms with Crippen molar-refractivity contribution in [2.75, 3.05) is 5.75 Å². The summed E-state index contributed by atoms with van der Waals surface area (Å²) in [5.74, 6) is 2.04. The molecule has 0 radical (unpaired) electrons. The van der Waals surface area contributed by atoms with E-state index in [2.05, 4.69) is 49.7 Å². The maximum Gasteiger partial charge on any atom is 0.108 e. The van der Waals surface area contributed by atoms with Crippen LogP contribution in [0, 0.1) is 0 Å². The lowest BCUT2D eigenvalue weighted by atomic mass is 10.2. The summed E-state index contributed by atoms with van der Waals surface area (Å²) < 4.78 is 3.16.